The highest BCUT2D eigenvalue weighted by molar-refractivity contribution is 8.00. The van der Waals surface area contributed by atoms with Crippen LogP contribution < -0.4 is 14.4 Å². The van der Waals surface area contributed by atoms with Crippen LogP contribution in [0.2, 0.25) is 5.02 Å². The molecule has 2 atom stereocenters. The highest BCUT2D eigenvalue weighted by atomic mass is 35.5. The number of carbonyl (C=O) groups excluding carboxylic acids is 1. The van der Waals surface area contributed by atoms with E-state index >= 15 is 0 Å². The monoisotopic (exact) mass is 462 g/mol. The minimum atomic E-state index is -0.259. The van der Waals surface area contributed by atoms with Gasteiger partial charge >= 0.3 is 0 Å². The molecule has 2 aliphatic rings. The number of nitrogens with zero attached hydrogens (tertiary/aromatic N) is 2. The maximum Gasteiger partial charge on any atom is 0.225 e. The smallest absolute Gasteiger partial charge is 0.225 e. The van der Waals surface area contributed by atoms with Crippen molar-refractivity contribution >= 4 is 35.0 Å². The first-order chi connectivity index (χ1) is 15.0. The van der Waals surface area contributed by atoms with Crippen molar-refractivity contribution in [3.8, 4) is 11.5 Å². The quantitative estimate of drug-likeness (QED) is 0.617. The van der Waals surface area contributed by atoms with Crippen LogP contribution in [0.3, 0.4) is 0 Å². The predicted octanol–water partition coefficient (Wildman–Crippen LogP) is 4.34. The molecular weight excluding hydrogens is 436 g/mol. The predicted molar refractivity (Wildman–Crippen MR) is 123 cm³/mol. The average Bonchev–Trinajstić information content (AvgIpc) is 3.34. The molecule has 0 aromatic heterocycles. The normalized spacial score (nSPS) is 20.7. The lowest BCUT2D eigenvalue weighted by Gasteiger charge is -2.26. The molecule has 0 bridgehead atoms. The fraction of sp³-hybridized carbons (Fsp3) is 0.435. The van der Waals surface area contributed by atoms with Crippen LogP contribution in [0.25, 0.3) is 0 Å². The molecule has 2 aromatic carbocycles. The number of benzene rings is 2. The molecule has 2 aliphatic heterocycles. The van der Waals surface area contributed by atoms with E-state index in [9.17, 15) is 9.90 Å². The number of hydrogen-bond donors (Lipinski definition) is 1. The van der Waals surface area contributed by atoms with Crippen molar-refractivity contribution in [1.29, 1.82) is 0 Å². The van der Waals surface area contributed by atoms with Crippen LogP contribution in [0.5, 0.6) is 11.5 Å². The second-order valence-electron chi connectivity index (χ2n) is 7.82. The largest absolute Gasteiger partial charge is 0.497 e. The Balaban J connectivity index is 1.53. The zero-order chi connectivity index (χ0) is 22.0. The molecule has 6 nitrogen and oxygen atoms in total. The third-order valence-corrected chi connectivity index (χ3v) is 7.10. The Labute approximate surface area is 192 Å². The van der Waals surface area contributed by atoms with Crippen molar-refractivity contribution in [3.63, 3.8) is 0 Å². The van der Waals surface area contributed by atoms with Gasteiger partial charge in [0, 0.05) is 42.0 Å². The Hall–Kier alpha value is -1.93. The average molecular weight is 463 g/mol. The van der Waals surface area contributed by atoms with Gasteiger partial charge in [-0.05, 0) is 49.2 Å². The van der Waals surface area contributed by atoms with Gasteiger partial charge in [-0.25, -0.2) is 0 Å². The number of aliphatic hydroxyl groups is 1. The first kappa shape index (κ1) is 22.3. The summed E-state index contributed by atoms with van der Waals surface area (Å²) < 4.78 is 11.6. The summed E-state index contributed by atoms with van der Waals surface area (Å²) in [6.07, 6.45) is 1.50. The summed E-state index contributed by atoms with van der Waals surface area (Å²) in [4.78, 5) is 17.6. The van der Waals surface area contributed by atoms with Gasteiger partial charge in [-0.3, -0.25) is 9.69 Å². The summed E-state index contributed by atoms with van der Waals surface area (Å²) in [7, 11) is 1.63. The van der Waals surface area contributed by atoms with E-state index in [1.165, 1.54) is 0 Å². The molecule has 1 N–H and O–H groups in total. The van der Waals surface area contributed by atoms with Crippen molar-refractivity contribution in [2.45, 2.75) is 36.1 Å². The zero-order valence-electron chi connectivity index (χ0n) is 17.7. The lowest BCUT2D eigenvalue weighted by Crippen LogP contribution is -2.28. The van der Waals surface area contributed by atoms with Crippen LogP contribution in [0.15, 0.2) is 41.3 Å². The van der Waals surface area contributed by atoms with E-state index < -0.39 is 0 Å². The molecule has 2 heterocycles. The summed E-state index contributed by atoms with van der Waals surface area (Å²) in [5.41, 5.74) is 1.75. The molecule has 1 fully saturated rings. The highest BCUT2D eigenvalue weighted by Crippen LogP contribution is 2.54. The number of halogens is 1. The van der Waals surface area contributed by atoms with Gasteiger partial charge < -0.3 is 19.5 Å². The number of likely N-dealkylation sites (tertiary alicyclic amines) is 1. The molecule has 0 radical (unpaired) electrons. The Kier molecular flexibility index (Phi) is 6.96. The molecule has 2 aromatic rings. The molecule has 4 rings (SSSR count). The molecule has 1 saturated heterocycles. The topological polar surface area (TPSA) is 62.2 Å². The van der Waals surface area contributed by atoms with Gasteiger partial charge in [0.1, 0.15) is 16.9 Å². The zero-order valence-corrected chi connectivity index (χ0v) is 19.3. The fourth-order valence-corrected chi connectivity index (χ4v) is 5.72. The molecule has 2 unspecified atom stereocenters. The van der Waals surface area contributed by atoms with E-state index in [0.717, 1.165) is 54.4 Å². The molecule has 0 spiro atoms. The second kappa shape index (κ2) is 9.69. The standard InChI is InChI=1S/C23H27ClN2O4S/c1-15(27)26-20-6-4-16(24)12-22(20)31-23(26)19-13-18(29-2)5-7-21(19)30-11-3-9-25-10-8-17(28)14-25/h4-7,12-13,17,23,28H,3,8-11,14H2,1-2H3. The number of β-amino-alcohol motifs (C(OH)–C–C–N with tert-alkyl or cyclic N) is 1. The van der Waals surface area contributed by atoms with Crippen LogP contribution in [-0.2, 0) is 4.79 Å². The first-order valence-corrected chi connectivity index (χ1v) is 11.7. The lowest BCUT2D eigenvalue weighted by molar-refractivity contribution is -0.116. The van der Waals surface area contributed by atoms with Crippen LogP contribution in [0.1, 0.15) is 30.7 Å². The van der Waals surface area contributed by atoms with Crippen molar-refractivity contribution < 1.29 is 19.4 Å². The number of aliphatic hydroxyl groups excluding tert-OH is 1. The van der Waals surface area contributed by atoms with Crippen molar-refractivity contribution in [1.82, 2.24) is 4.90 Å². The summed E-state index contributed by atoms with van der Waals surface area (Å²) in [6.45, 7) is 4.69. The number of fused-ring (bicyclic) bond motifs is 1. The third kappa shape index (κ3) is 4.95. The van der Waals surface area contributed by atoms with Crippen LogP contribution >= 0.6 is 23.4 Å². The highest BCUT2D eigenvalue weighted by Gasteiger charge is 2.36. The van der Waals surface area contributed by atoms with Crippen LogP contribution in [-0.4, -0.2) is 55.4 Å². The fourth-order valence-electron chi connectivity index (χ4n) is 4.08. The van der Waals surface area contributed by atoms with Gasteiger partial charge in [0.15, 0.2) is 0 Å². The van der Waals surface area contributed by atoms with E-state index in [2.05, 4.69) is 4.90 Å². The maximum absolute atomic E-state index is 12.6. The summed E-state index contributed by atoms with van der Waals surface area (Å²) in [6, 6.07) is 11.3. The van der Waals surface area contributed by atoms with Crippen molar-refractivity contribution in [2.75, 3.05) is 38.3 Å². The Bertz CT molecular complexity index is 957. The van der Waals surface area contributed by atoms with Gasteiger partial charge in [-0.1, -0.05) is 23.4 Å². The Morgan fingerprint density at radius 1 is 1.29 bits per heavy atom. The summed E-state index contributed by atoms with van der Waals surface area (Å²) in [5.74, 6) is 1.41. The maximum atomic E-state index is 12.6. The van der Waals surface area contributed by atoms with Crippen LogP contribution in [0, 0.1) is 0 Å². The number of methoxy groups -OCH3 is 1. The van der Waals surface area contributed by atoms with Gasteiger partial charge in [0.05, 0.1) is 25.5 Å². The first-order valence-electron chi connectivity index (χ1n) is 10.4. The molecule has 1 amide bonds. The van der Waals surface area contributed by atoms with Gasteiger partial charge in [-0.2, -0.15) is 0 Å². The molecule has 31 heavy (non-hydrogen) atoms. The summed E-state index contributed by atoms with van der Waals surface area (Å²) in [5, 5.41) is 10.1. The van der Waals surface area contributed by atoms with Crippen molar-refractivity contribution in [2.24, 2.45) is 0 Å². The van der Waals surface area contributed by atoms with Crippen molar-refractivity contribution in [3.05, 3.63) is 47.0 Å². The molecule has 166 valence electrons. The van der Waals surface area contributed by atoms with E-state index in [1.54, 1.807) is 36.8 Å². The number of amides is 1. The minimum Gasteiger partial charge on any atom is -0.497 e. The number of thioether (sulfide) groups is 1. The Morgan fingerprint density at radius 3 is 2.84 bits per heavy atom. The lowest BCUT2D eigenvalue weighted by atomic mass is 10.1. The molecule has 0 aliphatic carbocycles. The SMILES string of the molecule is COc1ccc(OCCCN2CCC(O)C2)c(C2Sc3cc(Cl)ccc3N2C(C)=O)c1. The number of rotatable bonds is 7. The van der Waals surface area contributed by atoms with E-state index in [4.69, 9.17) is 21.1 Å². The number of carbonyl (C=O) groups is 1. The molecular formula is C23H27ClN2O4S. The number of ether oxygens (including phenoxy) is 2. The van der Waals surface area contributed by atoms with Crippen LogP contribution in [0.4, 0.5) is 5.69 Å². The molecule has 0 saturated carbocycles. The Morgan fingerprint density at radius 2 is 2.13 bits per heavy atom. The third-order valence-electron chi connectivity index (χ3n) is 5.60. The number of hydrogen-bond acceptors (Lipinski definition) is 6. The van der Waals surface area contributed by atoms with Gasteiger partial charge in [0.2, 0.25) is 5.91 Å². The van der Waals surface area contributed by atoms with E-state index in [0.29, 0.717) is 17.4 Å². The second-order valence-corrected chi connectivity index (χ2v) is 9.38. The van der Waals surface area contributed by atoms with Gasteiger partial charge in [-0.15, -0.1) is 0 Å². The van der Waals surface area contributed by atoms with E-state index in [1.807, 2.05) is 30.3 Å². The molecule has 8 heteroatoms. The van der Waals surface area contributed by atoms with E-state index in [-0.39, 0.29) is 17.4 Å². The van der Waals surface area contributed by atoms with Gasteiger partial charge in [0.25, 0.3) is 0 Å². The minimum absolute atomic E-state index is 0.0417. The number of anilines is 1. The summed E-state index contributed by atoms with van der Waals surface area (Å²) >= 11 is 7.77.